The van der Waals surface area contributed by atoms with Gasteiger partial charge in [-0.05, 0) is 54.4 Å². The molecular formula is C30H28F3N5O. The van der Waals surface area contributed by atoms with Gasteiger partial charge in [-0.25, -0.2) is 4.68 Å². The summed E-state index contributed by atoms with van der Waals surface area (Å²) in [5.74, 6) is -0.760. The van der Waals surface area contributed by atoms with Crippen molar-refractivity contribution in [2.45, 2.75) is 38.4 Å². The monoisotopic (exact) mass is 531 g/mol. The molecule has 9 heteroatoms. The highest BCUT2D eigenvalue weighted by atomic mass is 19.4. The summed E-state index contributed by atoms with van der Waals surface area (Å²) < 4.78 is 41.5. The van der Waals surface area contributed by atoms with E-state index < -0.39 is 17.8 Å². The summed E-state index contributed by atoms with van der Waals surface area (Å²) in [6.45, 7) is 2.95. The molecule has 6 nitrogen and oxygen atoms in total. The lowest BCUT2D eigenvalue weighted by Gasteiger charge is -2.21. The van der Waals surface area contributed by atoms with Crippen LogP contribution in [0.3, 0.4) is 0 Å². The highest BCUT2D eigenvalue weighted by molar-refractivity contribution is 6.03. The summed E-state index contributed by atoms with van der Waals surface area (Å²) in [5, 5.41) is 19.1. The molecule has 0 saturated heterocycles. The second-order valence-corrected chi connectivity index (χ2v) is 9.07. The number of hydrogen-bond acceptors (Lipinski definition) is 4. The van der Waals surface area contributed by atoms with Crippen molar-refractivity contribution in [2.75, 3.05) is 11.9 Å². The third kappa shape index (κ3) is 6.92. The number of anilines is 1. The second-order valence-electron chi connectivity index (χ2n) is 9.07. The van der Waals surface area contributed by atoms with E-state index in [1.807, 2.05) is 48.5 Å². The maximum absolute atomic E-state index is 13.5. The molecular weight excluding hydrogens is 503 g/mol. The van der Waals surface area contributed by atoms with Crippen LogP contribution >= 0.6 is 0 Å². The molecule has 0 fully saturated rings. The van der Waals surface area contributed by atoms with Gasteiger partial charge in [0.2, 0.25) is 0 Å². The van der Waals surface area contributed by atoms with Crippen LogP contribution in [-0.2, 0) is 6.18 Å². The van der Waals surface area contributed by atoms with Crippen molar-refractivity contribution in [1.29, 1.82) is 5.26 Å². The van der Waals surface area contributed by atoms with E-state index in [-0.39, 0.29) is 23.0 Å². The quantitative estimate of drug-likeness (QED) is 0.219. The van der Waals surface area contributed by atoms with E-state index in [2.05, 4.69) is 22.7 Å². The summed E-state index contributed by atoms with van der Waals surface area (Å²) >= 11 is 0. The highest BCUT2D eigenvalue weighted by Crippen LogP contribution is 2.30. The summed E-state index contributed by atoms with van der Waals surface area (Å²) in [7, 11) is 0. The lowest BCUT2D eigenvalue weighted by Crippen LogP contribution is -2.24. The van der Waals surface area contributed by atoms with Gasteiger partial charge >= 0.3 is 6.18 Å². The van der Waals surface area contributed by atoms with Crippen molar-refractivity contribution in [3.8, 4) is 11.8 Å². The molecule has 4 rings (SSSR count). The topological polar surface area (TPSA) is 82.7 Å². The molecule has 1 atom stereocenters. The Morgan fingerprint density at radius 3 is 2.44 bits per heavy atom. The fourth-order valence-corrected chi connectivity index (χ4v) is 4.27. The third-order valence-electron chi connectivity index (χ3n) is 6.19. The Morgan fingerprint density at radius 2 is 1.72 bits per heavy atom. The zero-order chi connectivity index (χ0) is 27.8. The van der Waals surface area contributed by atoms with Crippen molar-refractivity contribution in [1.82, 2.24) is 15.1 Å². The zero-order valence-electron chi connectivity index (χ0n) is 21.4. The van der Waals surface area contributed by atoms with E-state index in [1.165, 1.54) is 24.3 Å². The number of amides is 1. The van der Waals surface area contributed by atoms with Crippen molar-refractivity contribution in [2.24, 2.45) is 0 Å². The van der Waals surface area contributed by atoms with Gasteiger partial charge in [-0.3, -0.25) is 4.79 Å². The van der Waals surface area contributed by atoms with Crippen LogP contribution in [0.4, 0.5) is 18.9 Å². The van der Waals surface area contributed by atoms with Crippen molar-refractivity contribution < 1.29 is 18.0 Å². The summed E-state index contributed by atoms with van der Waals surface area (Å²) in [6, 6.07) is 25.6. The number of hydrogen-bond donors (Lipinski definition) is 2. The normalized spacial score (nSPS) is 12.1. The van der Waals surface area contributed by atoms with Crippen molar-refractivity contribution >= 4 is 11.6 Å². The Balaban J connectivity index is 1.64. The zero-order valence-corrected chi connectivity index (χ0v) is 21.4. The van der Waals surface area contributed by atoms with E-state index in [0.29, 0.717) is 11.8 Å². The first-order valence-corrected chi connectivity index (χ1v) is 12.7. The van der Waals surface area contributed by atoms with Gasteiger partial charge in [0.1, 0.15) is 5.69 Å². The minimum Gasteiger partial charge on any atom is -0.321 e. The smallest absolute Gasteiger partial charge is 0.321 e. The van der Waals surface area contributed by atoms with E-state index in [4.69, 9.17) is 0 Å². The van der Waals surface area contributed by atoms with Crippen molar-refractivity contribution in [3.63, 3.8) is 0 Å². The predicted molar refractivity (Wildman–Crippen MR) is 143 cm³/mol. The Labute approximate surface area is 225 Å². The number of halogens is 3. The molecule has 1 amide bonds. The van der Waals surface area contributed by atoms with Crippen LogP contribution in [0.15, 0.2) is 84.9 Å². The molecule has 1 heterocycles. The van der Waals surface area contributed by atoms with Crippen LogP contribution < -0.4 is 10.6 Å². The minimum atomic E-state index is -4.75. The van der Waals surface area contributed by atoms with Gasteiger partial charge in [0.25, 0.3) is 5.91 Å². The van der Waals surface area contributed by atoms with Gasteiger partial charge in [-0.1, -0.05) is 68.3 Å². The molecule has 1 aromatic heterocycles. The van der Waals surface area contributed by atoms with Gasteiger partial charge in [-0.2, -0.15) is 23.5 Å². The maximum atomic E-state index is 13.5. The molecule has 0 radical (unpaired) electrons. The third-order valence-corrected chi connectivity index (χ3v) is 6.19. The molecule has 2 N–H and O–H groups in total. The largest absolute Gasteiger partial charge is 0.435 e. The fourth-order valence-electron chi connectivity index (χ4n) is 4.27. The number of aromatic nitrogens is 2. The van der Waals surface area contributed by atoms with Crippen LogP contribution in [0.1, 0.15) is 65.1 Å². The lowest BCUT2D eigenvalue weighted by atomic mass is 9.98. The van der Waals surface area contributed by atoms with Gasteiger partial charge in [0.05, 0.1) is 23.4 Å². The van der Waals surface area contributed by atoms with E-state index in [1.54, 1.807) is 12.1 Å². The number of carbonyl (C=O) groups is 1. The van der Waals surface area contributed by atoms with E-state index >= 15 is 0 Å². The van der Waals surface area contributed by atoms with Gasteiger partial charge in [-0.15, -0.1) is 0 Å². The number of nitrogens with zero attached hydrogens (tertiary/aromatic N) is 3. The molecule has 39 heavy (non-hydrogen) atoms. The predicted octanol–water partition coefficient (Wildman–Crippen LogP) is 6.88. The molecule has 0 saturated carbocycles. The first-order valence-electron chi connectivity index (χ1n) is 12.7. The molecule has 0 aliphatic carbocycles. The van der Waals surface area contributed by atoms with Crippen LogP contribution in [-0.4, -0.2) is 22.2 Å². The van der Waals surface area contributed by atoms with Crippen LogP contribution in [0.5, 0.6) is 0 Å². The molecule has 3 aromatic carbocycles. The van der Waals surface area contributed by atoms with Gasteiger partial charge in [0.15, 0.2) is 5.69 Å². The molecule has 0 spiro atoms. The molecule has 4 aromatic rings. The summed E-state index contributed by atoms with van der Waals surface area (Å²) in [5.41, 5.74) is 1.28. The number of alkyl halides is 3. The molecule has 0 aliphatic heterocycles. The molecule has 0 aliphatic rings. The average Bonchev–Trinajstić information content (AvgIpc) is 3.41. The molecule has 200 valence electrons. The van der Waals surface area contributed by atoms with Gasteiger partial charge < -0.3 is 10.6 Å². The minimum absolute atomic E-state index is 0.129. The Bertz CT molecular complexity index is 1460. The number of nitriles is 1. The van der Waals surface area contributed by atoms with Crippen molar-refractivity contribution in [3.05, 3.63) is 113 Å². The van der Waals surface area contributed by atoms with E-state index in [9.17, 15) is 23.2 Å². The Morgan fingerprint density at radius 1 is 0.974 bits per heavy atom. The van der Waals surface area contributed by atoms with Gasteiger partial charge in [0, 0.05) is 11.8 Å². The molecule has 1 unspecified atom stereocenters. The average molecular weight is 532 g/mol. The number of unbranched alkanes of at least 4 members (excludes halogenated alkanes) is 2. The SMILES string of the molecule is CCCCCNC(c1ccccc1)c1cccc(NC(=O)c2cc(C(F)(F)F)nn2-c2cccc(C#N)c2)c1. The fraction of sp³-hybridized carbons (Fsp3) is 0.233. The molecule has 0 bridgehead atoms. The lowest BCUT2D eigenvalue weighted by molar-refractivity contribution is -0.141. The highest BCUT2D eigenvalue weighted by Gasteiger charge is 2.36. The number of carbonyl (C=O) groups excluding carboxylic acids is 1. The number of nitrogens with one attached hydrogen (secondary N) is 2. The number of rotatable bonds is 10. The van der Waals surface area contributed by atoms with Crippen LogP contribution in [0.2, 0.25) is 0 Å². The Hall–Kier alpha value is -4.42. The first kappa shape index (κ1) is 27.6. The summed E-state index contributed by atoms with van der Waals surface area (Å²) in [4.78, 5) is 13.3. The summed E-state index contributed by atoms with van der Waals surface area (Å²) in [6.07, 6.45) is -1.52. The standard InChI is InChI=1S/C30H28F3N5O/c1-2-3-7-16-35-28(22-11-5-4-6-12-22)23-13-9-14-24(18-23)36-29(39)26-19-27(30(31,32)33)37-38(26)25-15-8-10-21(17-25)20-34/h4-6,8-15,17-19,28,35H,2-3,7,16H2,1H3,(H,36,39). The first-order chi connectivity index (χ1) is 18.8. The van der Waals surface area contributed by atoms with Crippen LogP contribution in [0.25, 0.3) is 5.69 Å². The number of benzene rings is 3. The second kappa shape index (κ2) is 12.4. The van der Waals surface area contributed by atoms with E-state index in [0.717, 1.165) is 41.6 Å². The maximum Gasteiger partial charge on any atom is 0.435 e. The van der Waals surface area contributed by atoms with Crippen LogP contribution in [0, 0.1) is 11.3 Å². The Kier molecular flexibility index (Phi) is 8.79.